The number of aliphatic carboxylic acids is 1. The molecule has 2 unspecified atom stereocenters. The van der Waals surface area contributed by atoms with E-state index >= 15 is 0 Å². The standard InChI is InChI=1S/C13H20O3/c1-12(2,3)9(14)7-6-8-10(11(15)16)13(8,4)5/h6-8,10H,1-5H3,(H,15,16)/b7-6-. The summed E-state index contributed by atoms with van der Waals surface area (Å²) in [7, 11) is 0. The number of hydrogen-bond acceptors (Lipinski definition) is 2. The molecule has 0 heterocycles. The summed E-state index contributed by atoms with van der Waals surface area (Å²) in [5.74, 6) is -1.10. The van der Waals surface area contributed by atoms with Gasteiger partial charge in [-0.25, -0.2) is 0 Å². The third kappa shape index (κ3) is 2.34. The molecule has 0 aromatic heterocycles. The molecule has 0 aliphatic heterocycles. The van der Waals surface area contributed by atoms with Gasteiger partial charge in [-0.1, -0.05) is 40.7 Å². The first kappa shape index (κ1) is 12.9. The molecular weight excluding hydrogens is 204 g/mol. The Labute approximate surface area is 96.5 Å². The largest absolute Gasteiger partial charge is 0.481 e. The second kappa shape index (κ2) is 3.72. The Bertz CT molecular complexity index is 345. The van der Waals surface area contributed by atoms with E-state index in [1.54, 1.807) is 6.08 Å². The maximum absolute atomic E-state index is 11.7. The highest BCUT2D eigenvalue weighted by Gasteiger charge is 2.60. The van der Waals surface area contributed by atoms with E-state index < -0.39 is 11.4 Å². The summed E-state index contributed by atoms with van der Waals surface area (Å²) in [6.45, 7) is 9.40. The lowest BCUT2D eigenvalue weighted by atomic mass is 9.90. The molecule has 90 valence electrons. The predicted molar refractivity (Wildman–Crippen MR) is 62.0 cm³/mol. The fourth-order valence-corrected chi connectivity index (χ4v) is 1.95. The maximum Gasteiger partial charge on any atom is 0.307 e. The Hall–Kier alpha value is -1.12. The van der Waals surface area contributed by atoms with E-state index in [2.05, 4.69) is 0 Å². The van der Waals surface area contributed by atoms with Crippen molar-refractivity contribution in [1.29, 1.82) is 0 Å². The topological polar surface area (TPSA) is 54.4 Å². The second-order valence-electron chi connectivity index (χ2n) is 6.14. The van der Waals surface area contributed by atoms with Gasteiger partial charge in [0.2, 0.25) is 0 Å². The summed E-state index contributed by atoms with van der Waals surface area (Å²) in [6.07, 6.45) is 3.29. The van der Waals surface area contributed by atoms with Crippen molar-refractivity contribution in [3.63, 3.8) is 0 Å². The smallest absolute Gasteiger partial charge is 0.307 e. The van der Waals surface area contributed by atoms with Crippen LogP contribution in [-0.2, 0) is 9.59 Å². The van der Waals surface area contributed by atoms with Crippen molar-refractivity contribution in [2.45, 2.75) is 34.6 Å². The van der Waals surface area contributed by atoms with Gasteiger partial charge in [-0.05, 0) is 17.4 Å². The number of ketones is 1. The SMILES string of the molecule is CC(C)(C)C(=O)/C=C\C1C(C(=O)O)C1(C)C. The number of carboxylic acid groups (broad SMARTS) is 1. The highest BCUT2D eigenvalue weighted by Crippen LogP contribution is 2.59. The van der Waals surface area contributed by atoms with Gasteiger partial charge in [-0.3, -0.25) is 9.59 Å². The highest BCUT2D eigenvalue weighted by molar-refractivity contribution is 5.94. The molecule has 2 atom stereocenters. The monoisotopic (exact) mass is 224 g/mol. The fraction of sp³-hybridized carbons (Fsp3) is 0.692. The molecule has 1 rings (SSSR count). The van der Waals surface area contributed by atoms with Crippen molar-refractivity contribution in [2.24, 2.45) is 22.7 Å². The maximum atomic E-state index is 11.7. The van der Waals surface area contributed by atoms with Crippen LogP contribution in [0.5, 0.6) is 0 Å². The van der Waals surface area contributed by atoms with Gasteiger partial charge in [-0.2, -0.15) is 0 Å². The summed E-state index contributed by atoms with van der Waals surface area (Å²) in [5, 5.41) is 8.97. The Kier molecular flexibility index (Phi) is 3.01. The van der Waals surface area contributed by atoms with Crippen LogP contribution in [-0.4, -0.2) is 16.9 Å². The van der Waals surface area contributed by atoms with Gasteiger partial charge in [0.15, 0.2) is 5.78 Å². The summed E-state index contributed by atoms with van der Waals surface area (Å²) < 4.78 is 0. The fourth-order valence-electron chi connectivity index (χ4n) is 1.95. The minimum atomic E-state index is -0.775. The first-order chi connectivity index (χ1) is 7.08. The van der Waals surface area contributed by atoms with E-state index in [9.17, 15) is 9.59 Å². The summed E-state index contributed by atoms with van der Waals surface area (Å²) in [4.78, 5) is 22.6. The van der Waals surface area contributed by atoms with Gasteiger partial charge < -0.3 is 5.11 Å². The quantitative estimate of drug-likeness (QED) is 0.749. The molecule has 1 saturated carbocycles. The van der Waals surface area contributed by atoms with Gasteiger partial charge in [-0.15, -0.1) is 0 Å². The average Bonchev–Trinajstić information content (AvgIpc) is 2.62. The Morgan fingerprint density at radius 1 is 1.25 bits per heavy atom. The van der Waals surface area contributed by atoms with E-state index in [1.807, 2.05) is 34.6 Å². The molecule has 0 amide bonds. The molecule has 0 bridgehead atoms. The van der Waals surface area contributed by atoms with Crippen LogP contribution in [0.2, 0.25) is 0 Å². The van der Waals surface area contributed by atoms with Gasteiger partial charge >= 0.3 is 5.97 Å². The molecule has 3 heteroatoms. The zero-order chi connectivity index (χ0) is 12.7. The lowest BCUT2D eigenvalue weighted by molar-refractivity contribution is -0.139. The first-order valence-corrected chi connectivity index (χ1v) is 5.54. The van der Waals surface area contributed by atoms with Crippen molar-refractivity contribution in [3.05, 3.63) is 12.2 Å². The first-order valence-electron chi connectivity index (χ1n) is 5.54. The molecule has 1 fully saturated rings. The van der Waals surface area contributed by atoms with Crippen molar-refractivity contribution in [1.82, 2.24) is 0 Å². The Morgan fingerprint density at radius 2 is 1.75 bits per heavy atom. The van der Waals surface area contributed by atoms with Crippen LogP contribution in [0, 0.1) is 22.7 Å². The molecule has 1 N–H and O–H groups in total. The molecule has 1 aliphatic rings. The van der Waals surface area contributed by atoms with Gasteiger partial charge in [0, 0.05) is 5.41 Å². The molecule has 16 heavy (non-hydrogen) atoms. The van der Waals surface area contributed by atoms with Crippen LogP contribution in [0.25, 0.3) is 0 Å². The lowest BCUT2D eigenvalue weighted by Crippen LogP contribution is -2.17. The van der Waals surface area contributed by atoms with Crippen molar-refractivity contribution in [2.75, 3.05) is 0 Å². The number of carbonyl (C=O) groups excluding carboxylic acids is 1. The minimum Gasteiger partial charge on any atom is -0.481 e. The molecule has 0 saturated heterocycles. The molecule has 0 radical (unpaired) electrons. The number of rotatable bonds is 3. The van der Waals surface area contributed by atoms with E-state index in [1.165, 1.54) is 6.08 Å². The number of allylic oxidation sites excluding steroid dienone is 2. The van der Waals surface area contributed by atoms with Crippen LogP contribution < -0.4 is 0 Å². The Morgan fingerprint density at radius 3 is 2.06 bits per heavy atom. The summed E-state index contributed by atoms with van der Waals surface area (Å²) >= 11 is 0. The van der Waals surface area contributed by atoms with Crippen LogP contribution in [0.4, 0.5) is 0 Å². The van der Waals surface area contributed by atoms with Crippen LogP contribution >= 0.6 is 0 Å². The molecule has 3 nitrogen and oxygen atoms in total. The van der Waals surface area contributed by atoms with Gasteiger partial charge in [0.1, 0.15) is 0 Å². The van der Waals surface area contributed by atoms with E-state index in [0.29, 0.717) is 0 Å². The number of carboxylic acids is 1. The summed E-state index contributed by atoms with van der Waals surface area (Å²) in [5.41, 5.74) is -0.616. The zero-order valence-corrected chi connectivity index (χ0v) is 10.6. The number of carbonyl (C=O) groups is 2. The molecule has 0 aromatic rings. The van der Waals surface area contributed by atoms with Crippen molar-refractivity contribution < 1.29 is 14.7 Å². The van der Waals surface area contributed by atoms with Crippen molar-refractivity contribution >= 4 is 11.8 Å². The van der Waals surface area contributed by atoms with Gasteiger partial charge in [0.25, 0.3) is 0 Å². The third-order valence-electron chi connectivity index (χ3n) is 3.37. The molecular formula is C13H20O3. The van der Waals surface area contributed by atoms with Crippen molar-refractivity contribution in [3.8, 4) is 0 Å². The lowest BCUT2D eigenvalue weighted by Gasteiger charge is -2.12. The van der Waals surface area contributed by atoms with E-state index in [4.69, 9.17) is 5.11 Å². The predicted octanol–water partition coefficient (Wildman–Crippen LogP) is 2.51. The summed E-state index contributed by atoms with van der Waals surface area (Å²) in [6, 6.07) is 0. The molecule has 0 spiro atoms. The van der Waals surface area contributed by atoms with Crippen LogP contribution in [0.1, 0.15) is 34.6 Å². The third-order valence-corrected chi connectivity index (χ3v) is 3.37. The van der Waals surface area contributed by atoms with Gasteiger partial charge in [0.05, 0.1) is 5.92 Å². The zero-order valence-electron chi connectivity index (χ0n) is 10.6. The second-order valence-corrected chi connectivity index (χ2v) is 6.14. The highest BCUT2D eigenvalue weighted by atomic mass is 16.4. The minimum absolute atomic E-state index is 0.0173. The number of hydrogen-bond donors (Lipinski definition) is 1. The molecule has 1 aliphatic carbocycles. The van der Waals surface area contributed by atoms with Crippen LogP contribution in [0.15, 0.2) is 12.2 Å². The molecule has 0 aromatic carbocycles. The van der Waals surface area contributed by atoms with Crippen LogP contribution in [0.3, 0.4) is 0 Å². The Balaban J connectivity index is 2.68. The average molecular weight is 224 g/mol. The van der Waals surface area contributed by atoms with E-state index in [0.717, 1.165) is 0 Å². The van der Waals surface area contributed by atoms with E-state index in [-0.39, 0.29) is 23.0 Å². The normalized spacial score (nSPS) is 28.1.